The van der Waals surface area contributed by atoms with Crippen LogP contribution in [0.25, 0.3) is 0 Å². The third-order valence-electron chi connectivity index (χ3n) is 4.90. The first kappa shape index (κ1) is 18.6. The van der Waals surface area contributed by atoms with Gasteiger partial charge in [0.15, 0.2) is 5.69 Å². The number of amides is 2. The van der Waals surface area contributed by atoms with Crippen LogP contribution in [-0.2, 0) is 4.79 Å². The van der Waals surface area contributed by atoms with Crippen molar-refractivity contribution in [2.24, 2.45) is 5.41 Å². The van der Waals surface area contributed by atoms with Crippen molar-refractivity contribution >= 4 is 11.8 Å². The highest BCUT2D eigenvalue weighted by Gasteiger charge is 2.69. The summed E-state index contributed by atoms with van der Waals surface area (Å²) in [5.74, 6) is -1.36. The van der Waals surface area contributed by atoms with Crippen molar-refractivity contribution in [1.29, 1.82) is 0 Å². The number of carbonyl (C=O) groups is 2. The van der Waals surface area contributed by atoms with Gasteiger partial charge in [-0.2, -0.15) is 13.2 Å². The first-order valence-electron chi connectivity index (χ1n) is 8.45. The number of piperidine rings is 1. The molecule has 1 aromatic rings. The number of hydrogen-bond donors (Lipinski definition) is 2. The highest BCUT2D eigenvalue weighted by Crippen LogP contribution is 2.58. The Morgan fingerprint density at radius 2 is 2.12 bits per heavy atom. The molecule has 2 heterocycles. The lowest BCUT2D eigenvalue weighted by molar-refractivity contribution is -0.199. The van der Waals surface area contributed by atoms with Crippen molar-refractivity contribution in [3.05, 3.63) is 11.9 Å². The Bertz CT molecular complexity index is 686. The molecule has 0 spiro atoms. The number of aliphatic hydroxyl groups excluding tert-OH is 1. The summed E-state index contributed by atoms with van der Waals surface area (Å²) < 4.78 is 41.0. The fourth-order valence-electron chi connectivity index (χ4n) is 3.22. The molecule has 1 atom stereocenters. The number of halogens is 3. The van der Waals surface area contributed by atoms with Crippen molar-refractivity contribution in [1.82, 2.24) is 25.2 Å². The van der Waals surface area contributed by atoms with Crippen LogP contribution in [-0.4, -0.2) is 69.2 Å². The summed E-state index contributed by atoms with van der Waals surface area (Å²) in [6.07, 6.45) is -2.26. The van der Waals surface area contributed by atoms with Gasteiger partial charge in [-0.15, -0.1) is 5.10 Å². The van der Waals surface area contributed by atoms with Gasteiger partial charge < -0.3 is 15.3 Å². The summed E-state index contributed by atoms with van der Waals surface area (Å²) in [7, 11) is 0. The van der Waals surface area contributed by atoms with Gasteiger partial charge in [-0.1, -0.05) is 5.21 Å². The number of alkyl halides is 3. The second kappa shape index (κ2) is 6.86. The molecule has 1 aromatic heterocycles. The Hall–Kier alpha value is -2.17. The van der Waals surface area contributed by atoms with Crippen LogP contribution in [0.5, 0.6) is 0 Å². The summed E-state index contributed by atoms with van der Waals surface area (Å²) >= 11 is 0. The quantitative estimate of drug-likeness (QED) is 0.781. The van der Waals surface area contributed by atoms with E-state index in [4.69, 9.17) is 5.11 Å². The van der Waals surface area contributed by atoms with Crippen LogP contribution in [0.3, 0.4) is 0 Å². The van der Waals surface area contributed by atoms with Gasteiger partial charge in [0.1, 0.15) is 5.41 Å². The minimum Gasteiger partial charge on any atom is -0.395 e. The fraction of sp³-hybridized carbons (Fsp3) is 0.733. The fourth-order valence-corrected chi connectivity index (χ4v) is 3.22. The molecule has 2 N–H and O–H groups in total. The number of hydrogen-bond acceptors (Lipinski definition) is 5. The minimum absolute atomic E-state index is 0.0517. The highest BCUT2D eigenvalue weighted by molar-refractivity contribution is 5.91. The predicted octanol–water partition coefficient (Wildman–Crippen LogP) is 0.506. The van der Waals surface area contributed by atoms with E-state index in [9.17, 15) is 22.8 Å². The number of aromatic nitrogens is 3. The third-order valence-corrected chi connectivity index (χ3v) is 4.90. The third kappa shape index (κ3) is 3.39. The van der Waals surface area contributed by atoms with Gasteiger partial charge in [0.05, 0.1) is 18.8 Å². The van der Waals surface area contributed by atoms with E-state index in [0.717, 1.165) is 0 Å². The van der Waals surface area contributed by atoms with Crippen molar-refractivity contribution in [3.8, 4) is 0 Å². The number of aliphatic hydroxyl groups is 1. The number of carbonyl (C=O) groups excluding carboxylic acids is 2. The van der Waals surface area contributed by atoms with Crippen molar-refractivity contribution in [3.63, 3.8) is 0 Å². The van der Waals surface area contributed by atoms with Gasteiger partial charge >= 0.3 is 6.18 Å². The molecule has 0 radical (unpaired) electrons. The van der Waals surface area contributed by atoms with Gasteiger partial charge in [0, 0.05) is 19.6 Å². The molecule has 1 aliphatic carbocycles. The van der Waals surface area contributed by atoms with Crippen LogP contribution in [0.4, 0.5) is 13.2 Å². The molecule has 0 aromatic carbocycles. The molecule has 8 nitrogen and oxygen atoms in total. The molecular formula is C15H20F3N5O3. The highest BCUT2D eigenvalue weighted by atomic mass is 19.4. The zero-order valence-electron chi connectivity index (χ0n) is 14.0. The van der Waals surface area contributed by atoms with Gasteiger partial charge in [0.25, 0.3) is 5.91 Å². The summed E-state index contributed by atoms with van der Waals surface area (Å²) in [5, 5.41) is 18.8. The first-order chi connectivity index (χ1) is 12.3. The van der Waals surface area contributed by atoms with Crippen LogP contribution >= 0.6 is 0 Å². The van der Waals surface area contributed by atoms with Crippen LogP contribution < -0.4 is 5.32 Å². The monoisotopic (exact) mass is 375 g/mol. The number of nitrogens with one attached hydrogen (secondary N) is 1. The van der Waals surface area contributed by atoms with Gasteiger partial charge in [-0.05, 0) is 25.7 Å². The first-order valence-corrected chi connectivity index (χ1v) is 8.45. The average molecular weight is 375 g/mol. The Morgan fingerprint density at radius 1 is 1.38 bits per heavy atom. The topological polar surface area (TPSA) is 100 Å². The Morgan fingerprint density at radius 3 is 2.73 bits per heavy atom. The number of rotatable bonds is 5. The van der Waals surface area contributed by atoms with Gasteiger partial charge in [-0.25, -0.2) is 4.68 Å². The van der Waals surface area contributed by atoms with E-state index in [0.29, 0.717) is 12.8 Å². The molecule has 2 aliphatic rings. The second-order valence-corrected chi connectivity index (χ2v) is 6.69. The van der Waals surface area contributed by atoms with Gasteiger partial charge in [-0.3, -0.25) is 9.59 Å². The zero-order chi connectivity index (χ0) is 18.9. The second-order valence-electron chi connectivity index (χ2n) is 6.69. The van der Waals surface area contributed by atoms with Crippen LogP contribution in [0, 0.1) is 5.41 Å². The molecule has 26 heavy (non-hydrogen) atoms. The molecule has 3 rings (SSSR count). The molecule has 0 bridgehead atoms. The summed E-state index contributed by atoms with van der Waals surface area (Å²) in [6.45, 7) is 0.265. The molecule has 2 fully saturated rings. The minimum atomic E-state index is -4.53. The molecule has 1 saturated heterocycles. The van der Waals surface area contributed by atoms with Crippen LogP contribution in [0.1, 0.15) is 42.2 Å². The Balaban J connectivity index is 1.67. The molecule has 11 heteroatoms. The molecule has 2 amide bonds. The number of likely N-dealkylation sites (tertiary alicyclic amines) is 1. The standard InChI is InChI=1S/C15H20F3N5O3/c16-15(17,18)14(3-4-14)13(26)22-6-1-2-10(8-22)23-9-11(20-21-23)12(25)19-5-7-24/h9-10,24H,1-8H2,(H,19,25). The predicted molar refractivity (Wildman–Crippen MR) is 82.0 cm³/mol. The Labute approximate surface area is 147 Å². The van der Waals surface area contributed by atoms with Crippen LogP contribution in [0.15, 0.2) is 6.20 Å². The maximum Gasteiger partial charge on any atom is 0.403 e. The zero-order valence-corrected chi connectivity index (χ0v) is 14.0. The van der Waals surface area contributed by atoms with E-state index in [1.54, 1.807) is 0 Å². The van der Waals surface area contributed by atoms with Crippen LogP contribution in [0.2, 0.25) is 0 Å². The lowest BCUT2D eigenvalue weighted by atomic mass is 10.00. The summed E-state index contributed by atoms with van der Waals surface area (Å²) in [6, 6.07) is -0.330. The van der Waals surface area contributed by atoms with Crippen molar-refractivity contribution in [2.75, 3.05) is 26.2 Å². The Kier molecular flexibility index (Phi) is 4.91. The average Bonchev–Trinajstić information content (AvgIpc) is 3.30. The van der Waals surface area contributed by atoms with E-state index >= 15 is 0 Å². The van der Waals surface area contributed by atoms with E-state index < -0.39 is 23.4 Å². The molecule has 1 unspecified atom stereocenters. The molecular weight excluding hydrogens is 355 g/mol. The lowest BCUT2D eigenvalue weighted by Gasteiger charge is -2.35. The molecule has 144 valence electrons. The molecule has 1 aliphatic heterocycles. The normalized spacial score (nSPS) is 22.2. The SMILES string of the molecule is O=C(NCCO)c1cn(C2CCCN(C(=O)C3(C(F)(F)F)CC3)C2)nn1. The molecule has 1 saturated carbocycles. The maximum absolute atomic E-state index is 13.2. The summed E-state index contributed by atoms with van der Waals surface area (Å²) in [5.41, 5.74) is -2.16. The van der Waals surface area contributed by atoms with E-state index in [-0.39, 0.29) is 50.8 Å². The number of nitrogens with zero attached hydrogens (tertiary/aromatic N) is 4. The summed E-state index contributed by atoms with van der Waals surface area (Å²) in [4.78, 5) is 25.5. The van der Waals surface area contributed by atoms with E-state index in [2.05, 4.69) is 15.6 Å². The largest absolute Gasteiger partial charge is 0.403 e. The van der Waals surface area contributed by atoms with E-state index in [1.165, 1.54) is 15.8 Å². The smallest absolute Gasteiger partial charge is 0.395 e. The van der Waals surface area contributed by atoms with E-state index in [1.807, 2.05) is 0 Å². The van der Waals surface area contributed by atoms with Crippen molar-refractivity contribution < 1.29 is 27.9 Å². The van der Waals surface area contributed by atoms with Gasteiger partial charge in [0.2, 0.25) is 5.91 Å². The van der Waals surface area contributed by atoms with Crippen molar-refractivity contribution in [2.45, 2.75) is 37.9 Å². The maximum atomic E-state index is 13.2. The lowest BCUT2D eigenvalue weighted by Crippen LogP contribution is -2.48.